The van der Waals surface area contributed by atoms with E-state index in [0.29, 0.717) is 58.9 Å². The van der Waals surface area contributed by atoms with Crippen LogP contribution in [0.5, 0.6) is 5.75 Å². The van der Waals surface area contributed by atoms with Crippen molar-refractivity contribution in [2.24, 2.45) is 7.05 Å². The number of imidazole rings is 1. The number of carbonyl (C=O) groups is 2. The van der Waals surface area contributed by atoms with E-state index in [1.165, 1.54) is 24.0 Å². The second-order valence-electron chi connectivity index (χ2n) is 9.88. The van der Waals surface area contributed by atoms with Gasteiger partial charge in [0.2, 0.25) is 5.91 Å². The number of fused-ring (bicyclic) bond motifs is 2. The Hall–Kier alpha value is -4.28. The molecule has 9 nitrogen and oxygen atoms in total. The lowest BCUT2D eigenvalue weighted by Crippen LogP contribution is -2.39. The van der Waals surface area contributed by atoms with Crippen LogP contribution in [-0.4, -0.2) is 55.6 Å². The van der Waals surface area contributed by atoms with Crippen LogP contribution in [0.1, 0.15) is 36.2 Å². The van der Waals surface area contributed by atoms with Crippen molar-refractivity contribution in [2.45, 2.75) is 32.7 Å². The SMILES string of the molecule is CC(=O)N1CCC(c2cc(F)c3c(c2)N(Cc2c(C)nc4cc(F)c(-c5cnn(C)c5)cn24)C(=O)CO3)C1. The minimum atomic E-state index is -0.549. The van der Waals surface area contributed by atoms with Gasteiger partial charge in [-0.15, -0.1) is 0 Å². The number of likely N-dealkylation sites (tertiary alicyclic amines) is 1. The van der Waals surface area contributed by atoms with Crippen molar-refractivity contribution >= 4 is 23.1 Å². The van der Waals surface area contributed by atoms with E-state index in [-0.39, 0.29) is 36.6 Å². The number of nitrogens with zero attached hydrogens (tertiary/aromatic N) is 6. The Morgan fingerprint density at radius 2 is 2.00 bits per heavy atom. The Kier molecular flexibility index (Phi) is 5.66. The molecule has 0 bridgehead atoms. The van der Waals surface area contributed by atoms with Crippen molar-refractivity contribution in [1.29, 1.82) is 0 Å². The van der Waals surface area contributed by atoms with E-state index in [2.05, 4.69) is 10.1 Å². The van der Waals surface area contributed by atoms with Crippen molar-refractivity contribution in [3.05, 3.63) is 65.4 Å². The molecular weight excluding hydrogens is 494 g/mol. The maximum absolute atomic E-state index is 15.2. The summed E-state index contributed by atoms with van der Waals surface area (Å²) in [6.07, 6.45) is 5.66. The third-order valence-corrected chi connectivity index (χ3v) is 7.42. The molecule has 0 spiro atoms. The summed E-state index contributed by atoms with van der Waals surface area (Å²) in [6.45, 7) is 4.21. The van der Waals surface area contributed by atoms with Gasteiger partial charge in [-0.2, -0.15) is 5.10 Å². The van der Waals surface area contributed by atoms with E-state index in [0.717, 1.165) is 0 Å². The zero-order chi connectivity index (χ0) is 26.7. The average Bonchev–Trinajstić information content (AvgIpc) is 3.59. The Bertz CT molecular complexity index is 1610. The van der Waals surface area contributed by atoms with Crippen molar-refractivity contribution in [2.75, 3.05) is 24.6 Å². The van der Waals surface area contributed by atoms with Gasteiger partial charge in [0.15, 0.2) is 18.2 Å². The lowest BCUT2D eigenvalue weighted by atomic mass is 9.96. The van der Waals surface area contributed by atoms with E-state index < -0.39 is 11.6 Å². The molecule has 38 heavy (non-hydrogen) atoms. The number of rotatable bonds is 4. The molecule has 3 aromatic heterocycles. The fourth-order valence-corrected chi connectivity index (χ4v) is 5.36. The third kappa shape index (κ3) is 3.98. The molecule has 0 radical (unpaired) electrons. The zero-order valence-electron chi connectivity index (χ0n) is 21.2. The molecule has 2 aliphatic heterocycles. The molecule has 2 amide bonds. The standard InChI is InChI=1S/C27H26F2N6O3/c1-15-24(34-12-20(19-9-30-32(3)10-19)21(28)8-25(34)31-15)13-35-23-7-18(17-4-5-33(11-17)16(2)36)6-22(29)27(23)38-14-26(35)37/h6-10,12,17H,4-5,11,13-14H2,1-3H3. The second-order valence-corrected chi connectivity index (χ2v) is 9.88. The molecule has 0 aliphatic carbocycles. The van der Waals surface area contributed by atoms with Crippen LogP contribution in [-0.2, 0) is 23.2 Å². The zero-order valence-corrected chi connectivity index (χ0v) is 21.2. The Morgan fingerprint density at radius 3 is 2.71 bits per heavy atom. The third-order valence-electron chi connectivity index (χ3n) is 7.42. The molecule has 5 heterocycles. The van der Waals surface area contributed by atoms with Crippen LogP contribution in [0, 0.1) is 18.6 Å². The minimum absolute atomic E-state index is 0.0170. The first-order chi connectivity index (χ1) is 18.2. The summed E-state index contributed by atoms with van der Waals surface area (Å²) in [4.78, 5) is 32.6. The monoisotopic (exact) mass is 520 g/mol. The number of hydrogen-bond acceptors (Lipinski definition) is 5. The quantitative estimate of drug-likeness (QED) is 0.411. The van der Waals surface area contributed by atoms with Gasteiger partial charge in [-0.1, -0.05) is 0 Å². The molecule has 2 aliphatic rings. The maximum atomic E-state index is 15.2. The van der Waals surface area contributed by atoms with Gasteiger partial charge >= 0.3 is 0 Å². The number of ether oxygens (including phenoxy) is 1. The number of pyridine rings is 1. The van der Waals surface area contributed by atoms with Crippen molar-refractivity contribution in [1.82, 2.24) is 24.1 Å². The van der Waals surface area contributed by atoms with Crippen LogP contribution in [0.2, 0.25) is 0 Å². The number of carbonyl (C=O) groups excluding carboxylic acids is 2. The van der Waals surface area contributed by atoms with E-state index >= 15 is 4.39 Å². The number of hydrogen-bond donors (Lipinski definition) is 0. The van der Waals surface area contributed by atoms with Gasteiger partial charge in [0.05, 0.1) is 29.8 Å². The lowest BCUT2D eigenvalue weighted by molar-refractivity contribution is -0.127. The topological polar surface area (TPSA) is 85.0 Å². The lowest BCUT2D eigenvalue weighted by Gasteiger charge is -2.30. The first kappa shape index (κ1) is 24.1. The molecule has 0 saturated carbocycles. The van der Waals surface area contributed by atoms with Gasteiger partial charge < -0.3 is 14.0 Å². The van der Waals surface area contributed by atoms with Crippen LogP contribution in [0.4, 0.5) is 14.5 Å². The summed E-state index contributed by atoms with van der Waals surface area (Å²) < 4.78 is 39.0. The molecule has 1 atom stereocenters. The van der Waals surface area contributed by atoms with E-state index in [1.54, 1.807) is 52.6 Å². The summed E-state index contributed by atoms with van der Waals surface area (Å²) in [5, 5.41) is 4.13. The first-order valence-corrected chi connectivity index (χ1v) is 12.4. The van der Waals surface area contributed by atoms with Gasteiger partial charge in [-0.05, 0) is 31.0 Å². The molecule has 11 heteroatoms. The van der Waals surface area contributed by atoms with Crippen LogP contribution >= 0.6 is 0 Å². The molecule has 1 fully saturated rings. The summed E-state index contributed by atoms with van der Waals surface area (Å²) in [7, 11) is 1.75. The van der Waals surface area contributed by atoms with Crippen molar-refractivity contribution in [3.63, 3.8) is 0 Å². The second kappa shape index (κ2) is 8.93. The number of aromatic nitrogens is 4. The summed E-state index contributed by atoms with van der Waals surface area (Å²) >= 11 is 0. The van der Waals surface area contributed by atoms with E-state index in [1.807, 2.05) is 0 Å². The number of anilines is 1. The number of amides is 2. The largest absolute Gasteiger partial charge is 0.478 e. The maximum Gasteiger partial charge on any atom is 0.265 e. The van der Waals surface area contributed by atoms with Gasteiger partial charge in [0.1, 0.15) is 11.5 Å². The Labute approximate surface area is 217 Å². The molecule has 0 N–H and O–H groups in total. The van der Waals surface area contributed by atoms with Crippen LogP contribution in [0.15, 0.2) is 36.8 Å². The van der Waals surface area contributed by atoms with Gasteiger partial charge in [-0.25, -0.2) is 13.8 Å². The van der Waals surface area contributed by atoms with Crippen molar-refractivity contribution < 1.29 is 23.1 Å². The highest BCUT2D eigenvalue weighted by atomic mass is 19.1. The van der Waals surface area contributed by atoms with E-state index in [9.17, 15) is 14.0 Å². The number of halogens is 2. The predicted octanol–water partition coefficient (Wildman–Crippen LogP) is 3.58. The molecule has 1 aromatic carbocycles. The van der Waals surface area contributed by atoms with Crippen LogP contribution in [0.25, 0.3) is 16.8 Å². The number of aryl methyl sites for hydroxylation is 2. The Morgan fingerprint density at radius 1 is 1.18 bits per heavy atom. The molecule has 196 valence electrons. The van der Waals surface area contributed by atoms with Gasteiger partial charge in [0, 0.05) is 62.6 Å². The summed E-state index contributed by atoms with van der Waals surface area (Å²) in [6, 6.07) is 4.57. The molecule has 4 aromatic rings. The fourth-order valence-electron chi connectivity index (χ4n) is 5.36. The van der Waals surface area contributed by atoms with Crippen molar-refractivity contribution in [3.8, 4) is 16.9 Å². The normalized spacial score (nSPS) is 17.3. The predicted molar refractivity (Wildman–Crippen MR) is 135 cm³/mol. The molecule has 6 rings (SSSR count). The van der Waals surface area contributed by atoms with Crippen LogP contribution < -0.4 is 9.64 Å². The molecular formula is C27H26F2N6O3. The highest BCUT2D eigenvalue weighted by Gasteiger charge is 2.33. The summed E-state index contributed by atoms with van der Waals surface area (Å²) in [5.41, 5.74) is 3.70. The van der Waals surface area contributed by atoms with E-state index in [4.69, 9.17) is 4.74 Å². The van der Waals surface area contributed by atoms with Gasteiger partial charge in [-0.3, -0.25) is 19.2 Å². The first-order valence-electron chi connectivity index (χ1n) is 12.4. The summed E-state index contributed by atoms with van der Waals surface area (Å²) in [5.74, 6) is -1.35. The number of benzene rings is 1. The molecule has 1 saturated heterocycles. The Balaban J connectivity index is 1.40. The van der Waals surface area contributed by atoms with Gasteiger partial charge in [0.25, 0.3) is 5.91 Å². The highest BCUT2D eigenvalue weighted by molar-refractivity contribution is 5.98. The minimum Gasteiger partial charge on any atom is -0.478 e. The van der Waals surface area contributed by atoms with Crippen LogP contribution in [0.3, 0.4) is 0 Å². The highest BCUT2D eigenvalue weighted by Crippen LogP contribution is 2.40. The fraction of sp³-hybridized carbons (Fsp3) is 0.333. The average molecular weight is 521 g/mol. The smallest absolute Gasteiger partial charge is 0.265 e. The molecule has 1 unspecified atom stereocenters.